The minimum Gasteiger partial charge on any atom is -0.396 e. The molecule has 134 valence electrons. The average Bonchev–Trinajstić information content (AvgIpc) is 3.13. The van der Waals surface area contributed by atoms with E-state index in [9.17, 15) is 9.90 Å². The number of aliphatic hydroxyl groups excluding tert-OH is 1. The summed E-state index contributed by atoms with van der Waals surface area (Å²) in [6.45, 7) is 4.49. The van der Waals surface area contributed by atoms with Gasteiger partial charge in [-0.15, -0.1) is 10.2 Å². The molecule has 2 saturated heterocycles. The summed E-state index contributed by atoms with van der Waals surface area (Å²) in [6, 6.07) is 0.243. The second-order valence-electron chi connectivity index (χ2n) is 6.90. The highest BCUT2D eigenvalue weighted by Crippen LogP contribution is 2.42. The van der Waals surface area contributed by atoms with Crippen LogP contribution >= 0.6 is 11.8 Å². The van der Waals surface area contributed by atoms with Crippen molar-refractivity contribution in [2.24, 2.45) is 5.41 Å². The van der Waals surface area contributed by atoms with Crippen LogP contribution in [0.2, 0.25) is 0 Å². The molecule has 2 aliphatic heterocycles. The Hall–Kier alpha value is -1.12. The van der Waals surface area contributed by atoms with Gasteiger partial charge in [-0.05, 0) is 32.1 Å². The number of hydrogen-bond donors (Lipinski definition) is 1. The van der Waals surface area contributed by atoms with E-state index in [4.69, 9.17) is 0 Å². The fourth-order valence-corrected chi connectivity index (χ4v) is 4.59. The van der Waals surface area contributed by atoms with Crippen molar-refractivity contribution >= 4 is 17.7 Å². The maximum Gasteiger partial charge on any atom is 0.232 e. The van der Waals surface area contributed by atoms with Crippen molar-refractivity contribution < 1.29 is 9.90 Å². The number of amides is 1. The monoisotopic (exact) mass is 353 g/mol. The minimum absolute atomic E-state index is 0.0540. The number of thioether (sulfide) groups is 1. The first kappa shape index (κ1) is 17.7. The summed E-state index contributed by atoms with van der Waals surface area (Å²) in [5.41, 5.74) is -0.0540. The zero-order chi connectivity index (χ0) is 17.0. The van der Waals surface area contributed by atoms with Gasteiger partial charge >= 0.3 is 0 Å². The molecule has 1 amide bonds. The average molecular weight is 353 g/mol. The highest BCUT2D eigenvalue weighted by molar-refractivity contribution is 7.99. The van der Waals surface area contributed by atoms with Gasteiger partial charge in [0.05, 0.1) is 12.4 Å². The third-order valence-electron chi connectivity index (χ3n) is 5.59. The quantitative estimate of drug-likeness (QED) is 0.794. The largest absolute Gasteiger partial charge is 0.396 e. The summed E-state index contributed by atoms with van der Waals surface area (Å²) < 4.78 is 1.98. The van der Waals surface area contributed by atoms with Crippen molar-refractivity contribution in [2.75, 3.05) is 44.8 Å². The number of aliphatic hydroxyl groups is 1. The van der Waals surface area contributed by atoms with Crippen LogP contribution < -0.4 is 0 Å². The number of fused-ring (bicyclic) bond motifs is 1. The highest BCUT2D eigenvalue weighted by Gasteiger charge is 2.47. The number of piperidine rings is 2. The summed E-state index contributed by atoms with van der Waals surface area (Å²) in [5.74, 6) is 0.762. The topological polar surface area (TPSA) is 74.5 Å². The Labute approximate surface area is 147 Å². The molecule has 1 N–H and O–H groups in total. The number of rotatable bonds is 6. The van der Waals surface area contributed by atoms with Gasteiger partial charge in [0.2, 0.25) is 5.91 Å². The van der Waals surface area contributed by atoms with Crippen LogP contribution in [0.4, 0.5) is 0 Å². The van der Waals surface area contributed by atoms with E-state index < -0.39 is 0 Å². The van der Waals surface area contributed by atoms with Gasteiger partial charge in [-0.2, -0.15) is 11.8 Å². The summed E-state index contributed by atoms with van der Waals surface area (Å²) >= 11 is 1.58. The predicted octanol–water partition coefficient (Wildman–Crippen LogP) is 0.317. The van der Waals surface area contributed by atoms with Crippen LogP contribution in [0.15, 0.2) is 12.7 Å². The lowest BCUT2D eigenvalue weighted by Crippen LogP contribution is -2.63. The molecule has 0 aliphatic carbocycles. The van der Waals surface area contributed by atoms with Gasteiger partial charge in [-0.25, -0.2) is 0 Å². The summed E-state index contributed by atoms with van der Waals surface area (Å²) in [6.07, 6.45) is 8.50. The summed E-state index contributed by atoms with van der Waals surface area (Å²) in [5, 5.41) is 17.8. The highest BCUT2D eigenvalue weighted by atomic mass is 32.2. The molecule has 3 heterocycles. The molecule has 2 aliphatic rings. The first-order valence-corrected chi connectivity index (χ1v) is 10.0. The van der Waals surface area contributed by atoms with Crippen molar-refractivity contribution in [1.82, 2.24) is 24.6 Å². The molecule has 7 nitrogen and oxygen atoms in total. The molecule has 3 rings (SSSR count). The van der Waals surface area contributed by atoms with E-state index >= 15 is 0 Å². The summed E-state index contributed by atoms with van der Waals surface area (Å²) in [4.78, 5) is 16.8. The third-order valence-corrected chi connectivity index (χ3v) is 6.12. The van der Waals surface area contributed by atoms with E-state index in [1.807, 2.05) is 15.7 Å². The smallest absolute Gasteiger partial charge is 0.232 e. The van der Waals surface area contributed by atoms with Gasteiger partial charge in [0.15, 0.2) is 0 Å². The molecular formula is C16H27N5O2S. The Balaban J connectivity index is 1.70. The van der Waals surface area contributed by atoms with E-state index in [0.29, 0.717) is 5.75 Å². The van der Waals surface area contributed by atoms with E-state index in [-0.39, 0.29) is 24.0 Å². The molecule has 24 heavy (non-hydrogen) atoms. The van der Waals surface area contributed by atoms with Gasteiger partial charge < -0.3 is 14.6 Å². The number of aromatic nitrogens is 3. The van der Waals surface area contributed by atoms with Gasteiger partial charge in [0, 0.05) is 37.6 Å². The van der Waals surface area contributed by atoms with Crippen LogP contribution in [0.1, 0.15) is 19.3 Å². The second-order valence-corrected chi connectivity index (χ2v) is 7.76. The zero-order valence-corrected chi connectivity index (χ0v) is 15.1. The molecule has 8 heteroatoms. The van der Waals surface area contributed by atoms with Gasteiger partial charge in [0.1, 0.15) is 12.7 Å². The molecule has 0 radical (unpaired) electrons. The molecular weight excluding hydrogens is 326 g/mol. The molecule has 0 spiro atoms. The standard InChI is InChI=1S/C16H27N5O2S/c1-24-10-15(23)21-6-4-16(11-22)3-2-5-20(14(16)9-21)8-7-19-12-17-18-13-19/h12-14,22H,2-11H2,1H3/t14-,16-/m1/s1. The Kier molecular flexibility index (Phi) is 5.78. The van der Waals surface area contributed by atoms with Crippen molar-refractivity contribution in [1.29, 1.82) is 0 Å². The fraction of sp³-hybridized carbons (Fsp3) is 0.812. The first-order valence-electron chi connectivity index (χ1n) is 8.62. The van der Waals surface area contributed by atoms with E-state index in [1.165, 1.54) is 0 Å². The van der Waals surface area contributed by atoms with Crippen LogP contribution in [0, 0.1) is 5.41 Å². The van der Waals surface area contributed by atoms with Crippen LogP contribution in [0.5, 0.6) is 0 Å². The van der Waals surface area contributed by atoms with Gasteiger partial charge in [0.25, 0.3) is 0 Å². The lowest BCUT2D eigenvalue weighted by atomic mass is 9.69. The number of carbonyl (C=O) groups excluding carboxylic acids is 1. The fourth-order valence-electron chi connectivity index (χ4n) is 4.16. The van der Waals surface area contributed by atoms with Gasteiger partial charge in [-0.1, -0.05) is 0 Å². The Bertz CT molecular complexity index is 541. The molecule has 1 aromatic rings. The number of nitrogens with zero attached hydrogens (tertiary/aromatic N) is 5. The van der Waals surface area contributed by atoms with Crippen molar-refractivity contribution in [2.45, 2.75) is 31.8 Å². The maximum absolute atomic E-state index is 12.3. The van der Waals surface area contributed by atoms with Crippen LogP contribution in [-0.2, 0) is 11.3 Å². The Morgan fingerprint density at radius 2 is 2.08 bits per heavy atom. The van der Waals surface area contributed by atoms with Crippen molar-refractivity contribution in [3.05, 3.63) is 12.7 Å². The third kappa shape index (κ3) is 3.60. The number of carbonyl (C=O) groups is 1. The molecule has 0 bridgehead atoms. The maximum atomic E-state index is 12.3. The second kappa shape index (κ2) is 7.84. The van der Waals surface area contributed by atoms with E-state index in [2.05, 4.69) is 15.1 Å². The Morgan fingerprint density at radius 1 is 1.29 bits per heavy atom. The normalized spacial score (nSPS) is 27.9. The van der Waals surface area contributed by atoms with Crippen LogP contribution in [0.25, 0.3) is 0 Å². The van der Waals surface area contributed by atoms with Crippen LogP contribution in [0.3, 0.4) is 0 Å². The first-order chi connectivity index (χ1) is 11.7. The van der Waals surface area contributed by atoms with Crippen molar-refractivity contribution in [3.63, 3.8) is 0 Å². The minimum atomic E-state index is -0.0540. The van der Waals surface area contributed by atoms with Crippen LogP contribution in [-0.4, -0.2) is 86.4 Å². The van der Waals surface area contributed by atoms with Crippen molar-refractivity contribution in [3.8, 4) is 0 Å². The number of likely N-dealkylation sites (tertiary alicyclic amines) is 2. The zero-order valence-electron chi connectivity index (χ0n) is 14.3. The van der Waals surface area contributed by atoms with Gasteiger partial charge in [-0.3, -0.25) is 9.69 Å². The Morgan fingerprint density at radius 3 is 2.79 bits per heavy atom. The lowest BCUT2D eigenvalue weighted by molar-refractivity contribution is -0.138. The van der Waals surface area contributed by atoms with E-state index in [1.54, 1.807) is 24.4 Å². The molecule has 0 saturated carbocycles. The summed E-state index contributed by atoms with van der Waals surface area (Å²) in [7, 11) is 0. The lowest BCUT2D eigenvalue weighted by Gasteiger charge is -2.54. The molecule has 2 fully saturated rings. The molecule has 0 aromatic carbocycles. The molecule has 2 atom stereocenters. The number of hydrogen-bond acceptors (Lipinski definition) is 6. The van der Waals surface area contributed by atoms with E-state index in [0.717, 1.165) is 52.0 Å². The SMILES string of the molecule is CSCC(=O)N1CC[C@@]2(CO)CCCN(CCn3cnnc3)[C@@H]2C1. The predicted molar refractivity (Wildman–Crippen MR) is 93.7 cm³/mol. The molecule has 1 aromatic heterocycles. The molecule has 0 unspecified atom stereocenters.